The summed E-state index contributed by atoms with van der Waals surface area (Å²) in [6.45, 7) is 8.20. The van der Waals surface area contributed by atoms with Crippen LogP contribution in [0.4, 0.5) is 4.79 Å². The smallest absolute Gasteiger partial charge is 0.407 e. The van der Waals surface area contributed by atoms with Crippen LogP contribution in [0, 0.1) is 0 Å². The van der Waals surface area contributed by atoms with E-state index in [-0.39, 0.29) is 12.6 Å². The molecule has 0 aromatic carbocycles. The molecule has 100 valence electrons. The number of hydrogen-bond donors (Lipinski definition) is 2. The zero-order valence-electron chi connectivity index (χ0n) is 11.1. The van der Waals surface area contributed by atoms with Gasteiger partial charge in [-0.25, -0.2) is 4.79 Å². The molecule has 0 bridgehead atoms. The van der Waals surface area contributed by atoms with Gasteiger partial charge in [-0.3, -0.25) is 0 Å². The van der Waals surface area contributed by atoms with E-state index in [4.69, 9.17) is 9.47 Å². The first-order valence-corrected chi connectivity index (χ1v) is 6.05. The quantitative estimate of drug-likeness (QED) is 0.786. The maximum absolute atomic E-state index is 11.4. The van der Waals surface area contributed by atoms with Crippen molar-refractivity contribution in [1.82, 2.24) is 5.32 Å². The van der Waals surface area contributed by atoms with Crippen LogP contribution in [-0.2, 0) is 9.47 Å². The molecule has 0 unspecified atom stereocenters. The Hall–Kier alpha value is -0.810. The van der Waals surface area contributed by atoms with Crippen LogP contribution < -0.4 is 5.32 Å². The number of hydrogen-bond acceptors (Lipinski definition) is 4. The summed E-state index contributed by atoms with van der Waals surface area (Å²) in [5.74, 6) is 0. The fourth-order valence-corrected chi connectivity index (χ4v) is 1.84. The van der Waals surface area contributed by atoms with Gasteiger partial charge in [0.05, 0.1) is 11.7 Å². The second kappa shape index (κ2) is 5.23. The lowest BCUT2D eigenvalue weighted by Gasteiger charge is -2.43. The molecule has 1 aliphatic carbocycles. The van der Waals surface area contributed by atoms with Crippen LogP contribution in [0.1, 0.15) is 40.5 Å². The Labute approximate surface area is 102 Å². The summed E-state index contributed by atoms with van der Waals surface area (Å²) < 4.78 is 10.4. The van der Waals surface area contributed by atoms with E-state index < -0.39 is 17.3 Å². The maximum Gasteiger partial charge on any atom is 0.407 e. The molecule has 17 heavy (non-hydrogen) atoms. The van der Waals surface area contributed by atoms with Crippen molar-refractivity contribution in [3.63, 3.8) is 0 Å². The molecule has 0 saturated heterocycles. The van der Waals surface area contributed by atoms with Crippen LogP contribution in [0.2, 0.25) is 0 Å². The predicted octanol–water partition coefficient (Wildman–Crippen LogP) is 1.44. The minimum atomic E-state index is -0.837. The minimum absolute atomic E-state index is 0.116. The fourth-order valence-electron chi connectivity index (χ4n) is 1.84. The van der Waals surface area contributed by atoms with Gasteiger partial charge in [-0.05, 0) is 27.7 Å². The molecule has 0 aromatic heterocycles. The van der Waals surface area contributed by atoms with E-state index in [9.17, 15) is 9.90 Å². The van der Waals surface area contributed by atoms with Crippen LogP contribution in [0.15, 0.2) is 0 Å². The Morgan fingerprint density at radius 3 is 2.53 bits per heavy atom. The first-order valence-electron chi connectivity index (χ1n) is 6.05. The molecule has 0 aliphatic heterocycles. The van der Waals surface area contributed by atoms with Crippen molar-refractivity contribution in [1.29, 1.82) is 0 Å². The molecule has 0 aromatic rings. The second-order valence-corrected chi connectivity index (χ2v) is 5.57. The van der Waals surface area contributed by atoms with Crippen molar-refractivity contribution in [3.8, 4) is 0 Å². The Bertz CT molecular complexity index is 266. The van der Waals surface area contributed by atoms with Gasteiger partial charge in [-0.15, -0.1) is 0 Å². The zero-order chi connectivity index (χ0) is 13.1. The number of carbonyl (C=O) groups excluding carboxylic acids is 1. The molecule has 1 amide bonds. The Balaban J connectivity index is 2.21. The van der Waals surface area contributed by atoms with Gasteiger partial charge in [0, 0.05) is 26.0 Å². The minimum Gasteiger partial charge on any atom is -0.444 e. The lowest BCUT2D eigenvalue weighted by Crippen LogP contribution is -2.55. The van der Waals surface area contributed by atoms with Crippen molar-refractivity contribution < 1.29 is 19.4 Å². The molecule has 1 rings (SSSR count). The molecule has 1 saturated carbocycles. The van der Waals surface area contributed by atoms with Gasteiger partial charge in [-0.1, -0.05) is 0 Å². The van der Waals surface area contributed by atoms with Crippen LogP contribution in [0.25, 0.3) is 0 Å². The first-order chi connectivity index (χ1) is 7.74. The molecular formula is C12H23NO4. The topological polar surface area (TPSA) is 67.8 Å². The van der Waals surface area contributed by atoms with Gasteiger partial charge in [0.15, 0.2) is 0 Å². The highest BCUT2D eigenvalue weighted by Gasteiger charge is 2.43. The zero-order valence-corrected chi connectivity index (χ0v) is 11.1. The number of rotatable bonds is 4. The highest BCUT2D eigenvalue weighted by molar-refractivity contribution is 5.67. The molecule has 5 nitrogen and oxygen atoms in total. The molecule has 0 radical (unpaired) electrons. The largest absolute Gasteiger partial charge is 0.444 e. The number of amides is 1. The molecule has 0 heterocycles. The highest BCUT2D eigenvalue weighted by atomic mass is 16.6. The third-order valence-corrected chi connectivity index (χ3v) is 2.58. The average Bonchev–Trinajstić information content (AvgIpc) is 2.10. The van der Waals surface area contributed by atoms with Crippen LogP contribution >= 0.6 is 0 Å². The number of alkyl carbamates (subject to hydrolysis) is 1. The summed E-state index contributed by atoms with van der Waals surface area (Å²) in [6.07, 6.45) is 0.754. The van der Waals surface area contributed by atoms with Crippen molar-refractivity contribution in [2.45, 2.75) is 57.8 Å². The van der Waals surface area contributed by atoms with E-state index in [0.29, 0.717) is 19.4 Å². The summed E-state index contributed by atoms with van der Waals surface area (Å²) in [6, 6.07) is 0. The summed E-state index contributed by atoms with van der Waals surface area (Å²) in [7, 11) is 0. The van der Waals surface area contributed by atoms with Gasteiger partial charge >= 0.3 is 6.09 Å². The molecule has 1 aliphatic rings. The lowest BCUT2D eigenvalue weighted by molar-refractivity contribution is -0.134. The molecule has 2 N–H and O–H groups in total. The van der Waals surface area contributed by atoms with E-state index in [2.05, 4.69) is 5.32 Å². The Morgan fingerprint density at radius 2 is 2.06 bits per heavy atom. The molecule has 0 atom stereocenters. The Kier molecular flexibility index (Phi) is 4.38. The fraction of sp³-hybridized carbons (Fsp3) is 0.917. The maximum atomic E-state index is 11.4. The summed E-state index contributed by atoms with van der Waals surface area (Å²) in [4.78, 5) is 11.4. The van der Waals surface area contributed by atoms with Crippen LogP contribution in [-0.4, -0.2) is 41.7 Å². The van der Waals surface area contributed by atoms with E-state index >= 15 is 0 Å². The highest BCUT2D eigenvalue weighted by Crippen LogP contribution is 2.33. The number of carbonyl (C=O) groups is 1. The number of ether oxygens (including phenoxy) is 2. The summed E-state index contributed by atoms with van der Waals surface area (Å²) in [5, 5.41) is 12.6. The molecule has 5 heteroatoms. The second-order valence-electron chi connectivity index (χ2n) is 5.57. The van der Waals surface area contributed by atoms with Gasteiger partial charge in [0.1, 0.15) is 5.60 Å². The predicted molar refractivity (Wildman–Crippen MR) is 63.8 cm³/mol. The third-order valence-electron chi connectivity index (χ3n) is 2.58. The van der Waals surface area contributed by atoms with Crippen molar-refractivity contribution in [2.75, 3.05) is 13.2 Å². The monoisotopic (exact) mass is 245 g/mol. The van der Waals surface area contributed by atoms with E-state index in [1.54, 1.807) is 20.8 Å². The van der Waals surface area contributed by atoms with Crippen molar-refractivity contribution in [2.24, 2.45) is 0 Å². The summed E-state index contributed by atoms with van der Waals surface area (Å²) >= 11 is 0. The van der Waals surface area contributed by atoms with E-state index in [0.717, 1.165) is 0 Å². The van der Waals surface area contributed by atoms with Crippen molar-refractivity contribution >= 4 is 6.09 Å². The van der Waals surface area contributed by atoms with E-state index in [1.165, 1.54) is 0 Å². The van der Waals surface area contributed by atoms with Gasteiger partial charge in [0.2, 0.25) is 0 Å². The normalized spacial score (nSPS) is 28.4. The van der Waals surface area contributed by atoms with E-state index in [1.807, 2.05) is 6.92 Å². The van der Waals surface area contributed by atoms with Gasteiger partial charge in [-0.2, -0.15) is 0 Å². The van der Waals surface area contributed by atoms with Crippen molar-refractivity contribution in [3.05, 3.63) is 0 Å². The van der Waals surface area contributed by atoms with Gasteiger partial charge < -0.3 is 19.9 Å². The third kappa shape index (κ3) is 4.91. The average molecular weight is 245 g/mol. The SMILES string of the molecule is CCOC1CC(O)(CNC(=O)OC(C)(C)C)C1. The number of aliphatic hydroxyl groups is 1. The van der Waals surface area contributed by atoms with Gasteiger partial charge in [0.25, 0.3) is 0 Å². The standard InChI is InChI=1S/C12H23NO4/c1-5-16-9-6-12(15,7-9)8-13-10(14)17-11(2,3)4/h9,15H,5-8H2,1-4H3,(H,13,14). The number of nitrogens with one attached hydrogen (secondary N) is 1. The van der Waals surface area contributed by atoms with Crippen LogP contribution in [0.5, 0.6) is 0 Å². The molecule has 0 spiro atoms. The molecule has 1 fully saturated rings. The summed E-state index contributed by atoms with van der Waals surface area (Å²) in [5.41, 5.74) is -1.35. The van der Waals surface area contributed by atoms with Crippen LogP contribution in [0.3, 0.4) is 0 Å². The first kappa shape index (κ1) is 14.3. The Morgan fingerprint density at radius 1 is 1.47 bits per heavy atom. The molecular weight excluding hydrogens is 222 g/mol. The lowest BCUT2D eigenvalue weighted by atomic mass is 9.77.